The Hall–Kier alpha value is -3.24. The van der Waals surface area contributed by atoms with Crippen LogP contribution >= 0.6 is 11.8 Å². The van der Waals surface area contributed by atoms with Gasteiger partial charge in [0.25, 0.3) is 0 Å². The largest absolute Gasteiger partial charge is 0.352 e. The first-order valence-electron chi connectivity index (χ1n) is 13.0. The lowest BCUT2D eigenvalue weighted by atomic mass is 9.96. The number of hydrogen-bond donors (Lipinski definition) is 0. The Morgan fingerprint density at radius 2 is 1.90 bits per heavy atom. The minimum absolute atomic E-state index is 0.115. The van der Waals surface area contributed by atoms with Gasteiger partial charge in [0.15, 0.2) is 0 Å². The summed E-state index contributed by atoms with van der Waals surface area (Å²) in [4.78, 5) is 37.6. The molecule has 0 spiro atoms. The second-order valence-corrected chi connectivity index (χ2v) is 11.8. The van der Waals surface area contributed by atoms with Crippen LogP contribution in [0.4, 0.5) is 14.6 Å². The Kier molecular flexibility index (Phi) is 7.28. The van der Waals surface area contributed by atoms with Crippen molar-refractivity contribution in [3.63, 3.8) is 0 Å². The normalized spacial score (nSPS) is 21.1. The monoisotopic (exact) mass is 553 g/mol. The SMILES string of the molecule is C=CC(=O)N1[C@H](C)CN(c2nc(=O)n3c4c(c(-c5ccc(F)cc5F)c(C)cc24)SC[C@@H]3CN(C)C)C[C@@H]1C. The Labute approximate surface area is 231 Å². The number of halogens is 2. The van der Waals surface area contributed by atoms with Gasteiger partial charge in [0.05, 0.1) is 11.6 Å². The molecule has 2 aromatic carbocycles. The highest BCUT2D eigenvalue weighted by atomic mass is 32.2. The molecule has 0 radical (unpaired) electrons. The van der Waals surface area contributed by atoms with E-state index in [0.29, 0.717) is 42.3 Å². The molecule has 2 aliphatic heterocycles. The van der Waals surface area contributed by atoms with Crippen molar-refractivity contribution in [2.24, 2.45) is 0 Å². The molecule has 3 heterocycles. The number of anilines is 1. The number of likely N-dealkylation sites (N-methyl/N-ethyl adjacent to an activating group) is 1. The fourth-order valence-corrected chi connectivity index (χ4v) is 7.45. The summed E-state index contributed by atoms with van der Waals surface area (Å²) in [6, 6.07) is 5.23. The third-order valence-electron chi connectivity index (χ3n) is 7.55. The number of nitrogens with zero attached hydrogens (tertiary/aromatic N) is 5. The zero-order valence-corrected chi connectivity index (χ0v) is 23.7. The third-order valence-corrected chi connectivity index (χ3v) is 8.79. The molecular weight excluding hydrogens is 520 g/mol. The van der Waals surface area contributed by atoms with Crippen molar-refractivity contribution in [3.8, 4) is 11.1 Å². The second kappa shape index (κ2) is 10.4. The molecule has 2 aliphatic rings. The molecule has 39 heavy (non-hydrogen) atoms. The third kappa shape index (κ3) is 4.74. The quantitative estimate of drug-likeness (QED) is 0.435. The standard InChI is InChI=1S/C29H33F2N5O2S/c1-7-24(37)35-17(3)12-34(13-18(35)4)28-22-10-16(2)25(21-9-8-19(30)11-23(21)31)27-26(22)36(29(38)32-28)20(15-39-27)14-33(5)6/h7-11,17-18,20H,1,12-15H2,2-6H3/t17-,18+,20-/m0/s1. The van der Waals surface area contributed by atoms with E-state index in [0.717, 1.165) is 27.4 Å². The van der Waals surface area contributed by atoms with Crippen LogP contribution in [0, 0.1) is 18.6 Å². The number of carbonyl (C=O) groups excluding carboxylic acids is 1. The molecule has 7 nitrogen and oxygen atoms in total. The van der Waals surface area contributed by atoms with Gasteiger partial charge >= 0.3 is 5.69 Å². The van der Waals surface area contributed by atoms with Crippen molar-refractivity contribution >= 4 is 34.4 Å². The van der Waals surface area contributed by atoms with Crippen LogP contribution < -0.4 is 10.6 Å². The lowest BCUT2D eigenvalue weighted by Crippen LogP contribution is -2.58. The number of aromatic nitrogens is 2. The second-order valence-electron chi connectivity index (χ2n) is 10.8. The van der Waals surface area contributed by atoms with Gasteiger partial charge < -0.3 is 14.7 Å². The van der Waals surface area contributed by atoms with Crippen LogP contribution in [-0.2, 0) is 4.79 Å². The molecule has 0 unspecified atom stereocenters. The number of carbonyl (C=O) groups is 1. The molecule has 206 valence electrons. The van der Waals surface area contributed by atoms with Crippen LogP contribution in [-0.4, -0.2) is 76.8 Å². The van der Waals surface area contributed by atoms with Crippen LogP contribution in [0.15, 0.2) is 46.6 Å². The first-order valence-corrected chi connectivity index (χ1v) is 14.0. The lowest BCUT2D eigenvalue weighted by Gasteiger charge is -2.45. The van der Waals surface area contributed by atoms with E-state index in [-0.39, 0.29) is 29.7 Å². The number of aryl methyl sites for hydroxylation is 1. The Morgan fingerprint density at radius 3 is 2.51 bits per heavy atom. The van der Waals surface area contributed by atoms with Crippen molar-refractivity contribution in [3.05, 3.63) is 64.6 Å². The summed E-state index contributed by atoms with van der Waals surface area (Å²) in [5.74, 6) is -0.209. The van der Waals surface area contributed by atoms with E-state index in [4.69, 9.17) is 0 Å². The molecule has 3 atom stereocenters. The maximum Gasteiger partial charge on any atom is 0.350 e. The summed E-state index contributed by atoms with van der Waals surface area (Å²) in [7, 11) is 3.93. The summed E-state index contributed by atoms with van der Waals surface area (Å²) in [5, 5.41) is 0.812. The van der Waals surface area contributed by atoms with Gasteiger partial charge in [-0.25, -0.2) is 13.6 Å². The minimum atomic E-state index is -0.640. The summed E-state index contributed by atoms with van der Waals surface area (Å²) >= 11 is 1.60. The van der Waals surface area contributed by atoms with Crippen LogP contribution in [0.5, 0.6) is 0 Å². The molecule has 10 heteroatoms. The van der Waals surface area contributed by atoms with Gasteiger partial charge in [-0.2, -0.15) is 4.98 Å². The maximum atomic E-state index is 15.1. The van der Waals surface area contributed by atoms with Crippen LogP contribution in [0.25, 0.3) is 22.0 Å². The number of thioether (sulfide) groups is 1. The van der Waals surface area contributed by atoms with Gasteiger partial charge in [-0.05, 0) is 64.7 Å². The molecule has 0 saturated carbocycles. The Balaban J connectivity index is 1.75. The topological polar surface area (TPSA) is 61.7 Å². The van der Waals surface area contributed by atoms with Gasteiger partial charge in [-0.15, -0.1) is 11.8 Å². The van der Waals surface area contributed by atoms with Crippen LogP contribution in [0.3, 0.4) is 0 Å². The number of benzene rings is 2. The highest BCUT2D eigenvalue weighted by Crippen LogP contribution is 2.46. The lowest BCUT2D eigenvalue weighted by molar-refractivity contribution is -0.130. The predicted molar refractivity (Wildman–Crippen MR) is 153 cm³/mol. The summed E-state index contributed by atoms with van der Waals surface area (Å²) in [6.07, 6.45) is 1.33. The van der Waals surface area contributed by atoms with Gasteiger partial charge in [-0.1, -0.05) is 6.58 Å². The first-order chi connectivity index (χ1) is 18.5. The molecule has 1 amide bonds. The minimum Gasteiger partial charge on any atom is -0.352 e. The fourth-order valence-electron chi connectivity index (χ4n) is 6.08. The molecule has 5 rings (SSSR count). The predicted octanol–water partition coefficient (Wildman–Crippen LogP) is 4.47. The van der Waals surface area contributed by atoms with E-state index >= 15 is 4.39 Å². The number of rotatable bonds is 5. The molecule has 3 aromatic rings. The fraction of sp³-hybridized carbons (Fsp3) is 0.414. The molecule has 0 N–H and O–H groups in total. The molecule has 1 fully saturated rings. The van der Waals surface area contributed by atoms with E-state index in [2.05, 4.69) is 16.5 Å². The van der Waals surface area contributed by atoms with Gasteiger partial charge in [0, 0.05) is 64.9 Å². The molecular formula is C29H33F2N5O2S. The number of hydrogen-bond acceptors (Lipinski definition) is 6. The van der Waals surface area contributed by atoms with Gasteiger partial charge in [0.2, 0.25) is 5.91 Å². The number of amides is 1. The van der Waals surface area contributed by atoms with Crippen LogP contribution in [0.1, 0.15) is 25.5 Å². The molecule has 0 aliphatic carbocycles. The average Bonchev–Trinajstić information content (AvgIpc) is 2.86. The van der Waals surface area contributed by atoms with E-state index < -0.39 is 11.6 Å². The molecule has 1 saturated heterocycles. The van der Waals surface area contributed by atoms with E-state index in [1.807, 2.05) is 50.7 Å². The van der Waals surface area contributed by atoms with Crippen molar-refractivity contribution < 1.29 is 13.6 Å². The zero-order chi connectivity index (χ0) is 28.2. The summed E-state index contributed by atoms with van der Waals surface area (Å²) in [6.45, 7) is 11.2. The van der Waals surface area contributed by atoms with Crippen LogP contribution in [0.2, 0.25) is 0 Å². The smallest absolute Gasteiger partial charge is 0.350 e. The van der Waals surface area contributed by atoms with Crippen molar-refractivity contribution in [1.82, 2.24) is 19.4 Å². The van der Waals surface area contributed by atoms with Crippen molar-refractivity contribution in [2.45, 2.75) is 43.8 Å². The molecule has 0 bridgehead atoms. The summed E-state index contributed by atoms with van der Waals surface area (Å²) < 4.78 is 30.6. The average molecular weight is 554 g/mol. The Morgan fingerprint density at radius 1 is 1.21 bits per heavy atom. The van der Waals surface area contributed by atoms with E-state index in [1.54, 1.807) is 16.3 Å². The number of piperazine rings is 1. The first kappa shape index (κ1) is 27.3. The maximum absolute atomic E-state index is 15.1. The highest BCUT2D eigenvalue weighted by molar-refractivity contribution is 7.99. The van der Waals surface area contributed by atoms with Gasteiger partial charge in [0.1, 0.15) is 17.5 Å². The highest BCUT2D eigenvalue weighted by Gasteiger charge is 2.35. The van der Waals surface area contributed by atoms with Crippen molar-refractivity contribution in [2.75, 3.05) is 44.4 Å². The summed E-state index contributed by atoms with van der Waals surface area (Å²) in [5.41, 5.74) is 2.16. The Bertz CT molecular complexity index is 1530. The van der Waals surface area contributed by atoms with E-state index in [9.17, 15) is 14.0 Å². The zero-order valence-electron chi connectivity index (χ0n) is 22.9. The van der Waals surface area contributed by atoms with E-state index in [1.165, 1.54) is 18.2 Å². The van der Waals surface area contributed by atoms with Crippen molar-refractivity contribution in [1.29, 1.82) is 0 Å². The molecule has 1 aromatic heterocycles. The van der Waals surface area contributed by atoms with Gasteiger partial charge in [-0.3, -0.25) is 9.36 Å².